The van der Waals surface area contributed by atoms with E-state index in [9.17, 15) is 18.5 Å². The Hall–Kier alpha value is -1.14. The molecule has 0 rings (SSSR count). The SMILES string of the molecule is C[PH](=O)OCCC(F)NC(=O)OCOC(=O)C(C)(C)C. The van der Waals surface area contributed by atoms with Crippen LogP contribution in [0.15, 0.2) is 0 Å². The average Bonchev–Trinajstić information content (AvgIpc) is 2.26. The predicted molar refractivity (Wildman–Crippen MR) is 70.4 cm³/mol. The third-order valence-electron chi connectivity index (χ3n) is 1.94. The standard InChI is InChI=1S/C11H21FNO6P/c1-11(2,3)9(14)17-7-18-10(15)13-8(12)5-6-19-20(4)16/h8,20H,5-7H2,1-4H3,(H,13,15). The number of hydrogen-bond donors (Lipinski definition) is 1. The van der Waals surface area contributed by atoms with Crippen molar-refractivity contribution in [2.75, 3.05) is 20.1 Å². The van der Waals surface area contributed by atoms with Crippen LogP contribution in [-0.4, -0.2) is 38.4 Å². The van der Waals surface area contributed by atoms with E-state index in [-0.39, 0.29) is 13.0 Å². The molecule has 20 heavy (non-hydrogen) atoms. The van der Waals surface area contributed by atoms with Gasteiger partial charge in [-0.2, -0.15) is 0 Å². The molecule has 1 amide bonds. The van der Waals surface area contributed by atoms with Gasteiger partial charge in [0.2, 0.25) is 6.79 Å². The Bertz CT molecular complexity index is 357. The number of alkyl halides is 1. The van der Waals surface area contributed by atoms with Crippen molar-refractivity contribution >= 4 is 20.1 Å². The highest BCUT2D eigenvalue weighted by molar-refractivity contribution is 7.38. The van der Waals surface area contributed by atoms with Crippen LogP contribution in [-0.2, 0) is 23.4 Å². The number of carbonyl (C=O) groups excluding carboxylic acids is 2. The summed E-state index contributed by atoms with van der Waals surface area (Å²) in [6.07, 6.45) is -2.90. The molecule has 0 heterocycles. The summed E-state index contributed by atoms with van der Waals surface area (Å²) in [7, 11) is -2.11. The fourth-order valence-corrected chi connectivity index (χ4v) is 1.31. The van der Waals surface area contributed by atoms with Gasteiger partial charge < -0.3 is 14.0 Å². The molecule has 2 atom stereocenters. The zero-order chi connectivity index (χ0) is 15.8. The van der Waals surface area contributed by atoms with Crippen molar-refractivity contribution in [3.8, 4) is 0 Å². The van der Waals surface area contributed by atoms with Crippen molar-refractivity contribution in [2.45, 2.75) is 33.5 Å². The number of esters is 1. The number of ether oxygens (including phenoxy) is 2. The van der Waals surface area contributed by atoms with Crippen LogP contribution < -0.4 is 5.32 Å². The summed E-state index contributed by atoms with van der Waals surface area (Å²) in [6, 6.07) is 0. The van der Waals surface area contributed by atoms with Crippen LogP contribution >= 0.6 is 8.03 Å². The van der Waals surface area contributed by atoms with Crippen LogP contribution in [0.5, 0.6) is 0 Å². The Balaban J connectivity index is 3.78. The van der Waals surface area contributed by atoms with Gasteiger partial charge in [0.1, 0.15) is 0 Å². The van der Waals surface area contributed by atoms with Gasteiger partial charge in [-0.25, -0.2) is 9.18 Å². The molecule has 0 aliphatic rings. The van der Waals surface area contributed by atoms with Gasteiger partial charge in [0.05, 0.1) is 12.0 Å². The summed E-state index contributed by atoms with van der Waals surface area (Å²) >= 11 is 0. The van der Waals surface area contributed by atoms with Crippen LogP contribution in [0.4, 0.5) is 9.18 Å². The van der Waals surface area contributed by atoms with Gasteiger partial charge >= 0.3 is 12.1 Å². The lowest BCUT2D eigenvalue weighted by molar-refractivity contribution is -0.161. The molecule has 1 N–H and O–H groups in total. The quantitative estimate of drug-likeness (QED) is 0.335. The maximum Gasteiger partial charge on any atom is 0.412 e. The Labute approximate surface area is 118 Å². The number of hydrogen-bond acceptors (Lipinski definition) is 6. The van der Waals surface area contributed by atoms with E-state index in [4.69, 9.17) is 0 Å². The molecule has 0 spiro atoms. The van der Waals surface area contributed by atoms with E-state index in [1.807, 2.05) is 5.32 Å². The molecule has 0 saturated carbocycles. The van der Waals surface area contributed by atoms with E-state index in [0.29, 0.717) is 0 Å². The number of carbonyl (C=O) groups is 2. The van der Waals surface area contributed by atoms with Crippen molar-refractivity contribution in [3.05, 3.63) is 0 Å². The summed E-state index contributed by atoms with van der Waals surface area (Å²) in [5.74, 6) is -0.538. The molecule has 118 valence electrons. The maximum atomic E-state index is 13.2. The summed E-state index contributed by atoms with van der Waals surface area (Å²) in [5.41, 5.74) is -0.711. The maximum absolute atomic E-state index is 13.2. The van der Waals surface area contributed by atoms with Crippen molar-refractivity contribution < 1.29 is 32.5 Å². The van der Waals surface area contributed by atoms with Gasteiger partial charge in [0, 0.05) is 13.1 Å². The fraction of sp³-hybridized carbons (Fsp3) is 0.818. The molecule has 0 fully saturated rings. The summed E-state index contributed by atoms with van der Waals surface area (Å²) in [4.78, 5) is 22.4. The van der Waals surface area contributed by atoms with Gasteiger partial charge in [-0.05, 0) is 20.8 Å². The number of nitrogens with one attached hydrogen (secondary N) is 1. The zero-order valence-corrected chi connectivity index (χ0v) is 13.0. The van der Waals surface area contributed by atoms with Crippen molar-refractivity contribution in [1.29, 1.82) is 0 Å². The third-order valence-corrected chi connectivity index (χ3v) is 2.55. The molecule has 0 radical (unpaired) electrons. The Morgan fingerprint density at radius 1 is 1.30 bits per heavy atom. The van der Waals surface area contributed by atoms with Crippen LogP contribution in [0.25, 0.3) is 0 Å². The smallest absolute Gasteiger partial charge is 0.412 e. The van der Waals surface area contributed by atoms with Crippen molar-refractivity contribution in [2.24, 2.45) is 5.41 Å². The van der Waals surface area contributed by atoms with Gasteiger partial charge in [-0.15, -0.1) is 0 Å². The van der Waals surface area contributed by atoms with Crippen LogP contribution in [0.3, 0.4) is 0 Å². The van der Waals surface area contributed by atoms with Gasteiger partial charge in [0.15, 0.2) is 14.3 Å². The molecule has 0 aliphatic carbocycles. The molecule has 0 aliphatic heterocycles. The normalized spacial score (nSPS) is 14.2. The lowest BCUT2D eigenvalue weighted by Gasteiger charge is -2.16. The van der Waals surface area contributed by atoms with Crippen LogP contribution in [0.1, 0.15) is 27.2 Å². The highest BCUT2D eigenvalue weighted by Crippen LogP contribution is 2.16. The molecule has 0 aromatic heterocycles. The van der Waals surface area contributed by atoms with Crippen LogP contribution in [0, 0.1) is 5.41 Å². The second-order valence-electron chi connectivity index (χ2n) is 4.97. The molecule has 7 nitrogen and oxygen atoms in total. The monoisotopic (exact) mass is 313 g/mol. The number of alkyl carbamates (subject to hydrolysis) is 1. The fourth-order valence-electron chi connectivity index (χ4n) is 0.901. The lowest BCUT2D eigenvalue weighted by atomic mass is 9.98. The molecule has 0 aromatic carbocycles. The first-order valence-electron chi connectivity index (χ1n) is 6.01. The van der Waals surface area contributed by atoms with Gasteiger partial charge in [0.25, 0.3) is 0 Å². The summed E-state index contributed by atoms with van der Waals surface area (Å²) in [5, 5.41) is 1.88. The number of amides is 1. The second-order valence-corrected chi connectivity index (χ2v) is 6.24. The van der Waals surface area contributed by atoms with Crippen molar-refractivity contribution in [3.63, 3.8) is 0 Å². The largest absolute Gasteiger partial charge is 0.427 e. The van der Waals surface area contributed by atoms with E-state index in [1.54, 1.807) is 20.8 Å². The minimum absolute atomic E-state index is 0.0746. The molecule has 0 saturated heterocycles. The van der Waals surface area contributed by atoms with Crippen molar-refractivity contribution in [1.82, 2.24) is 5.32 Å². The number of rotatable bonds is 7. The van der Waals surface area contributed by atoms with Gasteiger partial charge in [-0.3, -0.25) is 14.7 Å². The minimum Gasteiger partial charge on any atom is -0.427 e. The highest BCUT2D eigenvalue weighted by atomic mass is 31.1. The summed E-state index contributed by atoms with van der Waals surface area (Å²) in [6.45, 7) is 5.65. The Morgan fingerprint density at radius 3 is 2.40 bits per heavy atom. The third kappa shape index (κ3) is 9.75. The molecule has 0 aromatic rings. The molecular weight excluding hydrogens is 292 g/mol. The molecule has 2 unspecified atom stereocenters. The second kappa shape index (κ2) is 8.92. The van der Waals surface area contributed by atoms with Crippen LogP contribution in [0.2, 0.25) is 0 Å². The molecular formula is C11H21FNO6P. The zero-order valence-electron chi connectivity index (χ0n) is 12.0. The van der Waals surface area contributed by atoms with E-state index in [0.717, 1.165) is 0 Å². The first kappa shape index (κ1) is 18.9. The minimum atomic E-state index is -2.11. The summed E-state index contributed by atoms with van der Waals surface area (Å²) < 4.78 is 37.6. The first-order valence-corrected chi connectivity index (χ1v) is 7.82. The van der Waals surface area contributed by atoms with E-state index < -0.39 is 38.6 Å². The molecule has 9 heteroatoms. The predicted octanol–water partition coefficient (Wildman–Crippen LogP) is 2.07. The number of halogens is 1. The molecule has 0 bridgehead atoms. The topological polar surface area (TPSA) is 90.9 Å². The lowest BCUT2D eigenvalue weighted by Crippen LogP contribution is -2.34. The van der Waals surface area contributed by atoms with E-state index in [1.165, 1.54) is 6.66 Å². The Kier molecular flexibility index (Phi) is 8.41. The van der Waals surface area contributed by atoms with Gasteiger partial charge in [-0.1, -0.05) is 0 Å². The average molecular weight is 313 g/mol. The van der Waals surface area contributed by atoms with E-state index >= 15 is 0 Å². The first-order chi connectivity index (χ1) is 9.12. The van der Waals surface area contributed by atoms with E-state index in [2.05, 4.69) is 14.0 Å². The highest BCUT2D eigenvalue weighted by Gasteiger charge is 2.23. The Morgan fingerprint density at radius 2 is 1.90 bits per heavy atom.